The number of methoxy groups -OCH3 is 1. The lowest BCUT2D eigenvalue weighted by atomic mass is 9.81. The normalized spacial score (nSPS) is 20.7. The van der Waals surface area contributed by atoms with Gasteiger partial charge in [-0.1, -0.05) is 25.3 Å². The summed E-state index contributed by atoms with van der Waals surface area (Å²) in [6.07, 6.45) is 9.84. The number of fused-ring (bicyclic) bond motifs is 7. The Hall–Kier alpha value is -4.42. The first-order valence-corrected chi connectivity index (χ1v) is 20.6. The molecule has 0 spiro atoms. The van der Waals surface area contributed by atoms with E-state index in [4.69, 9.17) is 9.84 Å². The van der Waals surface area contributed by atoms with Crippen LogP contribution in [0.15, 0.2) is 36.4 Å². The quantitative estimate of drug-likeness (QED) is 0.235. The van der Waals surface area contributed by atoms with Crippen molar-refractivity contribution in [3.05, 3.63) is 70.0 Å². The zero-order chi connectivity index (χ0) is 37.3. The molecule has 2 unspecified atom stereocenters. The molecule has 53 heavy (non-hydrogen) atoms. The molecular weight excluding hydrogens is 689 g/mol. The molecule has 2 aromatic carbocycles. The molecule has 3 fully saturated rings. The van der Waals surface area contributed by atoms with E-state index in [9.17, 15) is 18.0 Å². The number of piperazine rings is 1. The summed E-state index contributed by atoms with van der Waals surface area (Å²) in [6, 6.07) is 12.1. The summed E-state index contributed by atoms with van der Waals surface area (Å²) in [6.45, 7) is 7.18. The number of carbonyl (C=O) groups is 2. The Balaban J connectivity index is 1.34. The fourth-order valence-electron chi connectivity index (χ4n) is 9.49. The van der Waals surface area contributed by atoms with Crippen LogP contribution in [0.5, 0.6) is 5.75 Å². The van der Waals surface area contributed by atoms with Gasteiger partial charge in [0.1, 0.15) is 5.75 Å². The van der Waals surface area contributed by atoms with Crippen LogP contribution in [0, 0.1) is 6.92 Å². The Morgan fingerprint density at radius 2 is 1.66 bits per heavy atom. The van der Waals surface area contributed by atoms with Crippen molar-refractivity contribution in [1.82, 2.24) is 28.9 Å². The number of allylic oxidation sites excluding steroid dienone is 1. The summed E-state index contributed by atoms with van der Waals surface area (Å²) < 4.78 is 37.7. The maximum Gasteiger partial charge on any atom is 0.264 e. The molecule has 2 saturated heterocycles. The third kappa shape index (κ3) is 6.07. The predicted octanol–water partition coefficient (Wildman–Crippen LogP) is 6.35. The van der Waals surface area contributed by atoms with Crippen LogP contribution in [0.25, 0.3) is 33.8 Å². The molecule has 8 rings (SSSR count). The summed E-state index contributed by atoms with van der Waals surface area (Å²) in [5, 5.41) is 5.17. The average Bonchev–Trinajstić information content (AvgIpc) is 3.67. The highest BCUT2D eigenvalue weighted by atomic mass is 32.2. The van der Waals surface area contributed by atoms with Crippen molar-refractivity contribution in [2.75, 3.05) is 27.2 Å². The van der Waals surface area contributed by atoms with Crippen molar-refractivity contribution in [2.24, 2.45) is 7.05 Å². The van der Waals surface area contributed by atoms with E-state index < -0.39 is 21.2 Å². The van der Waals surface area contributed by atoms with Crippen molar-refractivity contribution >= 4 is 44.4 Å². The zero-order valence-corrected chi connectivity index (χ0v) is 32.4. The van der Waals surface area contributed by atoms with Gasteiger partial charge in [0.15, 0.2) is 0 Å². The smallest absolute Gasteiger partial charge is 0.264 e. The van der Waals surface area contributed by atoms with Gasteiger partial charge in [-0.2, -0.15) is 5.10 Å². The van der Waals surface area contributed by atoms with E-state index in [0.717, 1.165) is 96.4 Å². The van der Waals surface area contributed by atoms with Crippen LogP contribution in [-0.4, -0.2) is 89.0 Å². The Bertz CT molecular complexity index is 2260. The molecule has 4 aromatic rings. The average molecular weight is 739 g/mol. The second-order valence-electron chi connectivity index (χ2n) is 15.8. The first-order chi connectivity index (χ1) is 25.4. The number of hydrogen-bond donors (Lipinski definition) is 1. The molecule has 3 aliphatic heterocycles. The molecule has 280 valence electrons. The van der Waals surface area contributed by atoms with Crippen LogP contribution in [0.2, 0.25) is 0 Å². The van der Waals surface area contributed by atoms with E-state index >= 15 is 0 Å². The lowest BCUT2D eigenvalue weighted by Gasteiger charge is -2.39. The number of likely N-dealkylation sites (tertiary alicyclic amines) is 1. The van der Waals surface area contributed by atoms with Gasteiger partial charge in [-0.05, 0) is 113 Å². The number of hydrogen-bond acceptors (Lipinski definition) is 7. The van der Waals surface area contributed by atoms with Crippen LogP contribution in [0.1, 0.15) is 108 Å². The number of likely N-dealkylation sites (N-methyl/N-ethyl adjacent to an activating group) is 1. The third-order valence-corrected chi connectivity index (χ3v) is 13.8. The number of carbonyl (C=O) groups excluding carboxylic acids is 2. The van der Waals surface area contributed by atoms with Crippen molar-refractivity contribution in [2.45, 2.75) is 95.5 Å². The first-order valence-electron chi connectivity index (χ1n) is 19.0. The number of aryl methyl sites for hydroxylation is 2. The van der Waals surface area contributed by atoms with Gasteiger partial charge in [-0.25, -0.2) is 13.1 Å². The molecule has 11 nitrogen and oxygen atoms in total. The molecule has 2 bridgehead atoms. The van der Waals surface area contributed by atoms with Gasteiger partial charge >= 0.3 is 0 Å². The zero-order valence-electron chi connectivity index (χ0n) is 31.6. The molecule has 12 heteroatoms. The minimum Gasteiger partial charge on any atom is -0.497 e. The number of nitrogens with one attached hydrogen (secondary N) is 1. The molecule has 1 N–H and O–H groups in total. The van der Waals surface area contributed by atoms with Gasteiger partial charge in [0.05, 0.1) is 41.5 Å². The highest BCUT2D eigenvalue weighted by Gasteiger charge is 2.43. The predicted molar refractivity (Wildman–Crippen MR) is 208 cm³/mol. The van der Waals surface area contributed by atoms with Gasteiger partial charge in [0, 0.05) is 54.3 Å². The van der Waals surface area contributed by atoms with E-state index in [0.29, 0.717) is 23.7 Å². The Labute approximate surface area is 312 Å². The van der Waals surface area contributed by atoms with E-state index in [1.807, 2.05) is 36.9 Å². The summed E-state index contributed by atoms with van der Waals surface area (Å²) >= 11 is 0. The number of amides is 2. The fraction of sp³-hybridized carbons (Fsp3) is 0.488. The standard InChI is InChI=1S/C41H50N6O5S/c1-24(2)53(50,51)43-40(48)27-12-16-34-35(20-27)46-21-29(18-28-19-32(52-6)15-17-33(28)39(46)37(34)26-10-8-7-9-11-26)38-36(25(3)42-45(38)5)41(49)47-30-13-14-31(47)23-44(4)22-30/h12,15-20,24,26,30-31H,7-11,13-14,21-23H2,1-6H3,(H,43,48). The van der Waals surface area contributed by atoms with Gasteiger partial charge in [0.25, 0.3) is 11.8 Å². The molecule has 2 aromatic heterocycles. The second kappa shape index (κ2) is 13.5. The minimum atomic E-state index is -3.83. The fourth-order valence-corrected chi connectivity index (χ4v) is 10.1. The number of sulfonamides is 1. The Morgan fingerprint density at radius 1 is 0.943 bits per heavy atom. The largest absolute Gasteiger partial charge is 0.497 e. The molecule has 2 atom stereocenters. The topological polar surface area (TPSA) is 119 Å². The number of nitrogens with zero attached hydrogens (tertiary/aromatic N) is 5. The number of benzene rings is 2. The summed E-state index contributed by atoms with van der Waals surface area (Å²) in [4.78, 5) is 32.7. The second-order valence-corrected chi connectivity index (χ2v) is 18.1. The molecule has 1 saturated carbocycles. The van der Waals surface area contributed by atoms with Crippen molar-refractivity contribution in [1.29, 1.82) is 0 Å². The lowest BCUT2D eigenvalue weighted by Crippen LogP contribution is -2.54. The number of ether oxygens (including phenoxy) is 1. The molecule has 1 aliphatic carbocycles. The minimum absolute atomic E-state index is 0.0352. The van der Waals surface area contributed by atoms with Gasteiger partial charge in [-0.3, -0.25) is 14.3 Å². The summed E-state index contributed by atoms with van der Waals surface area (Å²) in [5.41, 5.74) is 8.56. The Kier molecular flexibility index (Phi) is 9.04. The van der Waals surface area contributed by atoms with E-state index in [1.165, 1.54) is 12.0 Å². The first kappa shape index (κ1) is 35.6. The molecule has 0 radical (unpaired) electrons. The number of rotatable bonds is 7. The molecule has 5 heterocycles. The lowest BCUT2D eigenvalue weighted by molar-refractivity contribution is 0.0471. The van der Waals surface area contributed by atoms with Gasteiger partial charge in [0.2, 0.25) is 10.0 Å². The third-order valence-electron chi connectivity index (χ3n) is 12.0. The van der Waals surface area contributed by atoms with Crippen molar-refractivity contribution in [3.63, 3.8) is 0 Å². The summed E-state index contributed by atoms with van der Waals surface area (Å²) in [5.74, 6) is 0.443. The van der Waals surface area contributed by atoms with Crippen LogP contribution in [0.4, 0.5) is 0 Å². The van der Waals surface area contributed by atoms with Crippen LogP contribution < -0.4 is 9.46 Å². The van der Waals surface area contributed by atoms with Gasteiger partial charge < -0.3 is 19.1 Å². The van der Waals surface area contributed by atoms with Gasteiger partial charge in [-0.15, -0.1) is 0 Å². The maximum absolute atomic E-state index is 14.8. The van der Waals surface area contributed by atoms with E-state index in [-0.39, 0.29) is 23.6 Å². The van der Waals surface area contributed by atoms with Crippen LogP contribution >= 0.6 is 0 Å². The van der Waals surface area contributed by atoms with Crippen molar-refractivity contribution < 1.29 is 22.7 Å². The molecule has 2 amide bonds. The molecule has 4 aliphatic rings. The molecular formula is C41H50N6O5S. The highest BCUT2D eigenvalue weighted by molar-refractivity contribution is 7.90. The highest BCUT2D eigenvalue weighted by Crippen LogP contribution is 2.48. The van der Waals surface area contributed by atoms with Crippen molar-refractivity contribution in [3.8, 4) is 17.0 Å². The maximum atomic E-state index is 14.8. The number of aromatic nitrogens is 3. The van der Waals surface area contributed by atoms with E-state index in [2.05, 4.69) is 44.3 Å². The Morgan fingerprint density at radius 3 is 2.34 bits per heavy atom. The van der Waals surface area contributed by atoms with Crippen LogP contribution in [0.3, 0.4) is 0 Å². The summed E-state index contributed by atoms with van der Waals surface area (Å²) in [7, 11) is 1.89. The monoisotopic (exact) mass is 738 g/mol. The van der Waals surface area contributed by atoms with E-state index in [1.54, 1.807) is 27.0 Å². The van der Waals surface area contributed by atoms with Crippen LogP contribution in [-0.2, 0) is 23.6 Å². The SMILES string of the molecule is COc1ccc2c(c1)C=C(c1c(C(=O)N3C4CCC3CN(C)C4)c(C)nn1C)Cn1c-2c(C2CCCCC2)c2ccc(C(=O)NS(=O)(=O)C(C)C)cc21.